The van der Waals surface area contributed by atoms with Gasteiger partial charge in [0.2, 0.25) is 0 Å². The molecule has 2 aliphatic rings. The summed E-state index contributed by atoms with van der Waals surface area (Å²) in [6, 6.07) is 0. The Morgan fingerprint density at radius 1 is 1.35 bits per heavy atom. The minimum Gasteiger partial charge on any atom is -0.354 e. The molecule has 1 N–H and O–H groups in total. The molecule has 0 aromatic carbocycles. The Kier molecular flexibility index (Phi) is 2.81. The Morgan fingerprint density at radius 2 is 2.18 bits per heavy atom. The number of aryl methyl sites for hydroxylation is 1. The maximum Gasteiger partial charge on any atom is 0.136 e. The first-order chi connectivity index (χ1) is 8.40. The first-order valence-corrected chi connectivity index (χ1v) is 6.32. The molecule has 4 nitrogen and oxygen atoms in total. The summed E-state index contributed by atoms with van der Waals surface area (Å²) in [5, 5.41) is 3.37. The average molecular weight is 230 g/mol. The summed E-state index contributed by atoms with van der Waals surface area (Å²) in [6.07, 6.45) is 5.95. The monoisotopic (exact) mass is 230 g/mol. The molecule has 1 fully saturated rings. The summed E-state index contributed by atoms with van der Waals surface area (Å²) in [4.78, 5) is 11.3. The largest absolute Gasteiger partial charge is 0.354 e. The van der Waals surface area contributed by atoms with Crippen molar-refractivity contribution in [2.45, 2.75) is 18.8 Å². The highest BCUT2D eigenvalue weighted by atomic mass is 15.2. The van der Waals surface area contributed by atoms with E-state index >= 15 is 0 Å². The lowest BCUT2D eigenvalue weighted by atomic mass is 10.0. The lowest BCUT2D eigenvalue weighted by molar-refractivity contribution is 0.582. The van der Waals surface area contributed by atoms with Gasteiger partial charge in [0.15, 0.2) is 0 Å². The minimum absolute atomic E-state index is 0.441. The van der Waals surface area contributed by atoms with Gasteiger partial charge in [-0.3, -0.25) is 0 Å². The molecule has 1 aromatic heterocycles. The van der Waals surface area contributed by atoms with Gasteiger partial charge in [-0.25, -0.2) is 9.97 Å². The van der Waals surface area contributed by atoms with E-state index in [0.717, 1.165) is 44.8 Å². The van der Waals surface area contributed by atoms with E-state index in [-0.39, 0.29) is 0 Å². The highest BCUT2D eigenvalue weighted by Crippen LogP contribution is 2.37. The SMILES string of the molecule is C=CC1CCc2ncnc(N3CCNCC3)c21. The fourth-order valence-electron chi connectivity index (χ4n) is 2.80. The smallest absolute Gasteiger partial charge is 0.136 e. The van der Waals surface area contributed by atoms with E-state index < -0.39 is 0 Å². The number of allylic oxidation sites excluding steroid dienone is 1. The van der Waals surface area contributed by atoms with Crippen molar-refractivity contribution in [1.29, 1.82) is 0 Å². The summed E-state index contributed by atoms with van der Waals surface area (Å²) in [5.41, 5.74) is 2.54. The van der Waals surface area contributed by atoms with E-state index in [4.69, 9.17) is 0 Å². The molecule has 90 valence electrons. The van der Waals surface area contributed by atoms with Crippen molar-refractivity contribution in [3.63, 3.8) is 0 Å². The van der Waals surface area contributed by atoms with E-state index in [2.05, 4.69) is 26.8 Å². The van der Waals surface area contributed by atoms with Gasteiger partial charge in [0.1, 0.15) is 12.1 Å². The van der Waals surface area contributed by atoms with Gasteiger partial charge in [-0.2, -0.15) is 0 Å². The Morgan fingerprint density at radius 3 is 2.94 bits per heavy atom. The van der Waals surface area contributed by atoms with Crippen molar-refractivity contribution in [2.75, 3.05) is 31.1 Å². The number of nitrogens with zero attached hydrogens (tertiary/aromatic N) is 3. The third-order valence-electron chi connectivity index (χ3n) is 3.71. The molecule has 0 radical (unpaired) electrons. The van der Waals surface area contributed by atoms with E-state index in [1.165, 1.54) is 11.3 Å². The molecular formula is C13H18N4. The van der Waals surface area contributed by atoms with Gasteiger partial charge >= 0.3 is 0 Å². The van der Waals surface area contributed by atoms with Crippen LogP contribution in [-0.2, 0) is 6.42 Å². The van der Waals surface area contributed by atoms with Crippen molar-refractivity contribution in [3.8, 4) is 0 Å². The van der Waals surface area contributed by atoms with Gasteiger partial charge < -0.3 is 10.2 Å². The molecule has 1 aliphatic carbocycles. The Bertz CT molecular complexity index is 423. The van der Waals surface area contributed by atoms with Gasteiger partial charge in [0.25, 0.3) is 0 Å². The molecule has 3 rings (SSSR count). The Hall–Kier alpha value is -1.42. The number of rotatable bonds is 2. The lowest BCUT2D eigenvalue weighted by Gasteiger charge is -2.30. The summed E-state index contributed by atoms with van der Waals surface area (Å²) < 4.78 is 0. The second-order valence-electron chi connectivity index (χ2n) is 4.68. The zero-order valence-electron chi connectivity index (χ0n) is 10.0. The summed E-state index contributed by atoms with van der Waals surface area (Å²) in [5.74, 6) is 1.58. The van der Waals surface area contributed by atoms with Gasteiger partial charge in [0.05, 0.1) is 0 Å². The molecule has 2 heterocycles. The van der Waals surface area contributed by atoms with E-state index in [0.29, 0.717) is 5.92 Å². The van der Waals surface area contributed by atoms with E-state index in [1.807, 2.05) is 6.08 Å². The van der Waals surface area contributed by atoms with Crippen LogP contribution in [-0.4, -0.2) is 36.1 Å². The fraction of sp³-hybridized carbons (Fsp3) is 0.538. The van der Waals surface area contributed by atoms with Crippen LogP contribution in [0.25, 0.3) is 0 Å². The number of fused-ring (bicyclic) bond motifs is 1. The van der Waals surface area contributed by atoms with Crippen molar-refractivity contribution >= 4 is 5.82 Å². The topological polar surface area (TPSA) is 41.1 Å². The highest BCUT2D eigenvalue weighted by molar-refractivity contribution is 5.54. The maximum absolute atomic E-state index is 4.51. The van der Waals surface area contributed by atoms with Crippen LogP contribution >= 0.6 is 0 Å². The van der Waals surface area contributed by atoms with Crippen molar-refractivity contribution in [3.05, 3.63) is 30.2 Å². The van der Waals surface area contributed by atoms with Crippen molar-refractivity contribution in [1.82, 2.24) is 15.3 Å². The third-order valence-corrected chi connectivity index (χ3v) is 3.71. The first kappa shape index (κ1) is 10.7. The molecule has 1 atom stereocenters. The summed E-state index contributed by atoms with van der Waals surface area (Å²) >= 11 is 0. The average Bonchev–Trinajstić information content (AvgIpc) is 2.82. The van der Waals surface area contributed by atoms with Crippen LogP contribution in [0.3, 0.4) is 0 Å². The van der Waals surface area contributed by atoms with Crippen molar-refractivity contribution < 1.29 is 0 Å². The molecule has 4 heteroatoms. The second-order valence-corrected chi connectivity index (χ2v) is 4.68. The normalized spacial score (nSPS) is 23.5. The Balaban J connectivity index is 1.99. The molecular weight excluding hydrogens is 212 g/mol. The van der Waals surface area contributed by atoms with Crippen LogP contribution < -0.4 is 10.2 Å². The molecule has 0 bridgehead atoms. The molecule has 1 aliphatic heterocycles. The van der Waals surface area contributed by atoms with Gasteiger partial charge in [0, 0.05) is 43.4 Å². The van der Waals surface area contributed by atoms with Crippen LogP contribution in [0.4, 0.5) is 5.82 Å². The van der Waals surface area contributed by atoms with Crippen LogP contribution in [0.15, 0.2) is 19.0 Å². The number of aromatic nitrogens is 2. The Labute approximate surface area is 102 Å². The molecule has 0 spiro atoms. The van der Waals surface area contributed by atoms with Gasteiger partial charge in [-0.1, -0.05) is 6.08 Å². The zero-order valence-corrected chi connectivity index (χ0v) is 10.0. The first-order valence-electron chi connectivity index (χ1n) is 6.32. The molecule has 17 heavy (non-hydrogen) atoms. The number of nitrogens with one attached hydrogen (secondary N) is 1. The molecule has 1 saturated heterocycles. The fourth-order valence-corrected chi connectivity index (χ4v) is 2.80. The third kappa shape index (κ3) is 1.82. The predicted molar refractivity (Wildman–Crippen MR) is 68.4 cm³/mol. The zero-order chi connectivity index (χ0) is 11.7. The molecule has 0 saturated carbocycles. The quantitative estimate of drug-likeness (QED) is 0.773. The second kappa shape index (κ2) is 4.45. The highest BCUT2D eigenvalue weighted by Gasteiger charge is 2.28. The number of piperazine rings is 1. The number of hydrogen-bond acceptors (Lipinski definition) is 4. The molecule has 1 aromatic rings. The van der Waals surface area contributed by atoms with E-state index in [1.54, 1.807) is 6.33 Å². The van der Waals surface area contributed by atoms with Gasteiger partial charge in [-0.05, 0) is 12.8 Å². The predicted octanol–water partition coefficient (Wildman–Crippen LogP) is 1.10. The maximum atomic E-state index is 4.51. The van der Waals surface area contributed by atoms with Crippen LogP contribution in [0, 0.1) is 0 Å². The standard InChI is InChI=1S/C13H18N4/c1-2-10-3-4-11-12(10)13(16-9-15-11)17-7-5-14-6-8-17/h2,9-10,14H,1,3-8H2. The van der Waals surface area contributed by atoms with Crippen LogP contribution in [0.5, 0.6) is 0 Å². The molecule has 1 unspecified atom stereocenters. The lowest BCUT2D eigenvalue weighted by Crippen LogP contribution is -2.44. The summed E-state index contributed by atoms with van der Waals surface area (Å²) in [6.45, 7) is 8.09. The minimum atomic E-state index is 0.441. The summed E-state index contributed by atoms with van der Waals surface area (Å²) in [7, 11) is 0. The van der Waals surface area contributed by atoms with E-state index in [9.17, 15) is 0 Å². The molecule has 0 amide bonds. The number of anilines is 1. The van der Waals surface area contributed by atoms with Crippen LogP contribution in [0.2, 0.25) is 0 Å². The number of hydrogen-bond donors (Lipinski definition) is 1. The van der Waals surface area contributed by atoms with Crippen molar-refractivity contribution in [2.24, 2.45) is 0 Å². The van der Waals surface area contributed by atoms with Crippen LogP contribution in [0.1, 0.15) is 23.6 Å². The van der Waals surface area contributed by atoms with Gasteiger partial charge in [-0.15, -0.1) is 6.58 Å².